The van der Waals surface area contributed by atoms with E-state index in [9.17, 15) is 24.1 Å². The fourth-order valence-corrected chi connectivity index (χ4v) is 5.10. The van der Waals surface area contributed by atoms with Crippen molar-refractivity contribution in [3.8, 4) is 5.75 Å². The van der Waals surface area contributed by atoms with Gasteiger partial charge in [0.2, 0.25) is 5.91 Å². The van der Waals surface area contributed by atoms with Gasteiger partial charge in [-0.05, 0) is 83.8 Å². The number of carboxylic acid groups (broad SMARTS) is 1. The van der Waals surface area contributed by atoms with Gasteiger partial charge in [0.1, 0.15) is 12.3 Å². The summed E-state index contributed by atoms with van der Waals surface area (Å²) in [6.45, 7) is -0.396. The molecule has 43 heavy (non-hydrogen) atoms. The minimum absolute atomic E-state index is 0.0632. The molecule has 0 heterocycles. The lowest BCUT2D eigenvalue weighted by atomic mass is 9.80. The molecule has 0 radical (unpaired) electrons. The number of hydrogen-bond acceptors (Lipinski definition) is 7. The molecule has 222 valence electrons. The number of hydrogen-bond donors (Lipinski definition) is 4. The number of carboxylic acids is 1. The Kier molecular flexibility index (Phi) is 9.94. The van der Waals surface area contributed by atoms with E-state index in [0.717, 1.165) is 30.4 Å². The van der Waals surface area contributed by atoms with Gasteiger partial charge in [-0.3, -0.25) is 19.8 Å². The van der Waals surface area contributed by atoms with E-state index < -0.39 is 24.4 Å². The van der Waals surface area contributed by atoms with Crippen LogP contribution >= 0.6 is 0 Å². The lowest BCUT2D eigenvalue weighted by Gasteiger charge is -2.28. The third-order valence-electron chi connectivity index (χ3n) is 7.12. The Morgan fingerprint density at radius 1 is 1.02 bits per heavy atom. The number of amides is 2. The number of benzene rings is 3. The molecule has 0 bridgehead atoms. The third kappa shape index (κ3) is 8.55. The minimum Gasteiger partial charge on any atom is -0.481 e. The Bertz CT molecular complexity index is 1540. The van der Waals surface area contributed by atoms with Crippen molar-refractivity contribution in [3.63, 3.8) is 0 Å². The molecule has 0 saturated heterocycles. The summed E-state index contributed by atoms with van der Waals surface area (Å²) in [4.78, 5) is 61.0. The molecule has 12 nitrogen and oxygen atoms in total. The molecule has 1 aliphatic carbocycles. The van der Waals surface area contributed by atoms with Gasteiger partial charge < -0.3 is 25.8 Å². The molecule has 0 fully saturated rings. The maximum absolute atomic E-state index is 13.4. The van der Waals surface area contributed by atoms with Crippen LogP contribution in [0, 0.1) is 10.3 Å². The number of fused-ring (bicyclic) bond motifs is 1. The van der Waals surface area contributed by atoms with E-state index in [4.69, 9.17) is 21.0 Å². The lowest BCUT2D eigenvalue weighted by molar-refractivity contribution is -0.136. The Morgan fingerprint density at radius 2 is 1.72 bits per heavy atom. The standard InChI is InChI=1S/C31H31N5O7/c32-31(33)34-24-10-8-21(9-11-24)30(41)43-25-12-13-26-22(15-25)2-1-3-23(26)16-28(38)36(18-27(37)35-42)17-20-6-4-19(5-7-20)14-29(39)40/h4-13,15,23H,1-3,14,16-18H2,(H,39,40)(H4,32,33,34). The normalized spacial score (nSPS) is 13.7. The molecule has 3 aromatic carbocycles. The molecule has 4 rings (SSSR count). The summed E-state index contributed by atoms with van der Waals surface area (Å²) in [6, 6.07) is 18.4. The van der Waals surface area contributed by atoms with E-state index in [1.165, 1.54) is 4.90 Å². The van der Waals surface area contributed by atoms with E-state index in [2.05, 4.69) is 10.5 Å². The van der Waals surface area contributed by atoms with E-state index in [1.807, 2.05) is 6.07 Å². The van der Waals surface area contributed by atoms with Crippen molar-refractivity contribution >= 4 is 35.4 Å². The fraction of sp³-hybridized carbons (Fsp3) is 0.258. The molecule has 3 aromatic rings. The topological polar surface area (TPSA) is 192 Å². The predicted molar refractivity (Wildman–Crippen MR) is 158 cm³/mol. The first-order valence-corrected chi connectivity index (χ1v) is 13.6. The molecule has 1 unspecified atom stereocenters. The lowest BCUT2D eigenvalue weighted by Crippen LogP contribution is -2.35. The zero-order chi connectivity index (χ0) is 30.9. The minimum atomic E-state index is -0.962. The molecule has 1 aliphatic rings. The average molecular weight is 586 g/mol. The number of guanidine groups is 1. The number of rotatable bonds is 11. The summed E-state index contributed by atoms with van der Waals surface area (Å²) in [7, 11) is 0. The molecular formula is C31H31N5O7. The maximum atomic E-state index is 13.4. The fourth-order valence-electron chi connectivity index (χ4n) is 5.10. The number of carbonyl (C=O) groups excluding carboxylic acids is 3. The highest BCUT2D eigenvalue weighted by atomic mass is 16.5. The van der Waals surface area contributed by atoms with Gasteiger partial charge in [-0.25, -0.2) is 4.79 Å². The van der Waals surface area contributed by atoms with Crippen LogP contribution in [0.3, 0.4) is 0 Å². The number of aryl methyl sites for hydroxylation is 1. The number of ether oxygens (including phenoxy) is 1. The third-order valence-corrected chi connectivity index (χ3v) is 7.12. The average Bonchev–Trinajstić information content (AvgIpc) is 2.97. The van der Waals surface area contributed by atoms with Crippen LogP contribution in [0.15, 0.2) is 71.9 Å². The summed E-state index contributed by atoms with van der Waals surface area (Å²) in [5, 5.41) is 21.3. The number of nitroso groups, excluding NO2 is 1. The molecule has 0 aromatic heterocycles. The molecule has 0 aliphatic heterocycles. The molecule has 2 amide bonds. The zero-order valence-corrected chi connectivity index (χ0v) is 23.2. The first kappa shape index (κ1) is 30.6. The quantitative estimate of drug-likeness (QED) is 0.0847. The Labute approximate surface area is 247 Å². The van der Waals surface area contributed by atoms with Crippen LogP contribution in [0.25, 0.3) is 0 Å². The molecule has 12 heteroatoms. The van der Waals surface area contributed by atoms with Crippen LogP contribution in [-0.4, -0.2) is 46.3 Å². The SMILES string of the molecule is N=C(N)Nc1ccc(C(=O)Oc2ccc3c(c2)CCCC3CC(=O)N(CC(=O)N=O)Cc2ccc(CC(=O)O)cc2)cc1. The first-order valence-electron chi connectivity index (χ1n) is 13.6. The Morgan fingerprint density at radius 3 is 2.37 bits per heavy atom. The second-order valence-electron chi connectivity index (χ2n) is 10.3. The van der Waals surface area contributed by atoms with E-state index in [0.29, 0.717) is 28.1 Å². The van der Waals surface area contributed by atoms with Crippen LogP contribution in [0.2, 0.25) is 0 Å². The highest BCUT2D eigenvalue weighted by Gasteiger charge is 2.27. The zero-order valence-electron chi connectivity index (χ0n) is 23.2. The van der Waals surface area contributed by atoms with Crippen molar-refractivity contribution in [3.05, 3.63) is 99.5 Å². The number of nitrogens with zero attached hydrogens (tertiary/aromatic N) is 2. The van der Waals surface area contributed by atoms with Crippen molar-refractivity contribution in [1.82, 2.24) is 4.90 Å². The van der Waals surface area contributed by atoms with Gasteiger partial charge in [0.05, 0.1) is 12.0 Å². The number of carbonyl (C=O) groups is 4. The largest absolute Gasteiger partial charge is 0.481 e. The number of nitrogens with one attached hydrogen (secondary N) is 2. The van der Waals surface area contributed by atoms with Crippen LogP contribution in [0.5, 0.6) is 5.75 Å². The molecular weight excluding hydrogens is 554 g/mol. The summed E-state index contributed by atoms with van der Waals surface area (Å²) < 4.78 is 5.58. The second-order valence-corrected chi connectivity index (χ2v) is 10.3. The Hall–Kier alpha value is -5.39. The smallest absolute Gasteiger partial charge is 0.343 e. The van der Waals surface area contributed by atoms with Crippen molar-refractivity contribution in [2.24, 2.45) is 10.9 Å². The summed E-state index contributed by atoms with van der Waals surface area (Å²) in [5.41, 5.74) is 9.41. The van der Waals surface area contributed by atoms with Gasteiger partial charge in [0, 0.05) is 23.8 Å². The maximum Gasteiger partial charge on any atom is 0.343 e. The van der Waals surface area contributed by atoms with Crippen LogP contribution in [-0.2, 0) is 33.8 Å². The molecule has 5 N–H and O–H groups in total. The van der Waals surface area contributed by atoms with Gasteiger partial charge in [0.25, 0.3) is 0 Å². The van der Waals surface area contributed by atoms with Gasteiger partial charge in [-0.1, -0.05) is 30.3 Å². The van der Waals surface area contributed by atoms with Crippen molar-refractivity contribution in [2.45, 2.75) is 44.6 Å². The number of anilines is 1. The van der Waals surface area contributed by atoms with Gasteiger partial charge >= 0.3 is 17.8 Å². The van der Waals surface area contributed by atoms with Crippen LogP contribution < -0.4 is 15.8 Å². The van der Waals surface area contributed by atoms with Crippen molar-refractivity contribution in [2.75, 3.05) is 11.9 Å². The summed E-state index contributed by atoms with van der Waals surface area (Å²) in [6.07, 6.45) is 2.28. The summed E-state index contributed by atoms with van der Waals surface area (Å²) >= 11 is 0. The van der Waals surface area contributed by atoms with E-state index in [1.54, 1.807) is 60.7 Å². The summed E-state index contributed by atoms with van der Waals surface area (Å²) in [5.74, 6) is -2.76. The van der Waals surface area contributed by atoms with Gasteiger partial charge in [-0.15, -0.1) is 4.91 Å². The monoisotopic (exact) mass is 585 g/mol. The molecule has 1 atom stereocenters. The number of esters is 1. The first-order chi connectivity index (χ1) is 20.6. The predicted octanol–water partition coefficient (Wildman–Crippen LogP) is 3.97. The second kappa shape index (κ2) is 14.0. The van der Waals surface area contributed by atoms with Gasteiger partial charge in [0.15, 0.2) is 5.96 Å². The highest BCUT2D eigenvalue weighted by molar-refractivity contribution is 5.93. The van der Waals surface area contributed by atoms with Crippen LogP contribution in [0.1, 0.15) is 57.8 Å². The number of aliphatic carboxylic acids is 1. The molecule has 0 saturated carbocycles. The van der Waals surface area contributed by atoms with Crippen molar-refractivity contribution < 1.29 is 29.0 Å². The van der Waals surface area contributed by atoms with E-state index >= 15 is 0 Å². The van der Waals surface area contributed by atoms with Crippen LogP contribution in [0.4, 0.5) is 5.69 Å². The van der Waals surface area contributed by atoms with Crippen molar-refractivity contribution in [1.29, 1.82) is 5.41 Å². The van der Waals surface area contributed by atoms with E-state index in [-0.39, 0.29) is 37.2 Å². The highest BCUT2D eigenvalue weighted by Crippen LogP contribution is 2.36. The number of nitrogens with two attached hydrogens (primary N) is 1. The van der Waals surface area contributed by atoms with Gasteiger partial charge in [-0.2, -0.15) is 0 Å². The Balaban J connectivity index is 1.44. The molecule has 0 spiro atoms.